The maximum absolute atomic E-state index is 13.0. The molecule has 0 radical (unpaired) electrons. The second-order valence-electron chi connectivity index (χ2n) is 7.22. The molecule has 0 saturated carbocycles. The summed E-state index contributed by atoms with van der Waals surface area (Å²) >= 11 is 5.38. The van der Waals surface area contributed by atoms with Crippen molar-refractivity contribution in [2.24, 2.45) is 0 Å². The summed E-state index contributed by atoms with van der Waals surface area (Å²) in [6.07, 6.45) is -2.44. The van der Waals surface area contributed by atoms with Crippen LogP contribution in [0.5, 0.6) is 5.75 Å². The zero-order valence-electron chi connectivity index (χ0n) is 16.5. The van der Waals surface area contributed by atoms with Gasteiger partial charge in [0.2, 0.25) is 4.77 Å². The lowest BCUT2D eigenvalue weighted by molar-refractivity contribution is -0.137. The molecule has 160 valence electrons. The first-order valence-corrected chi connectivity index (χ1v) is 10.0. The van der Waals surface area contributed by atoms with Crippen molar-refractivity contribution in [2.75, 3.05) is 38.2 Å². The summed E-state index contributed by atoms with van der Waals surface area (Å²) in [5.41, 5.74) is 0.805. The van der Waals surface area contributed by atoms with Crippen LogP contribution in [0, 0.1) is 4.77 Å². The summed E-state index contributed by atoms with van der Waals surface area (Å²) < 4.78 is 47.4. The van der Waals surface area contributed by atoms with Crippen LogP contribution in [0.2, 0.25) is 0 Å². The molecule has 30 heavy (non-hydrogen) atoms. The Morgan fingerprint density at radius 1 is 1.03 bits per heavy atom. The summed E-state index contributed by atoms with van der Waals surface area (Å²) in [5.74, 6) is 0.824. The average molecular weight is 437 g/mol. The van der Waals surface area contributed by atoms with Crippen LogP contribution in [-0.2, 0) is 12.8 Å². The van der Waals surface area contributed by atoms with Gasteiger partial charge in [-0.25, -0.2) is 4.68 Å². The van der Waals surface area contributed by atoms with Crippen molar-refractivity contribution < 1.29 is 17.9 Å². The minimum atomic E-state index is -4.42. The van der Waals surface area contributed by atoms with Gasteiger partial charge in [-0.2, -0.15) is 18.3 Å². The quantitative estimate of drug-likeness (QED) is 0.576. The number of rotatable bonds is 4. The maximum Gasteiger partial charge on any atom is 0.417 e. The Kier molecular flexibility index (Phi) is 5.70. The Morgan fingerprint density at radius 3 is 2.50 bits per heavy atom. The third kappa shape index (κ3) is 4.29. The first-order chi connectivity index (χ1) is 14.3. The van der Waals surface area contributed by atoms with Gasteiger partial charge in [-0.15, -0.1) is 0 Å². The minimum Gasteiger partial charge on any atom is -0.497 e. The molecule has 3 aromatic rings. The second kappa shape index (κ2) is 8.27. The molecule has 0 amide bonds. The molecule has 0 atom stereocenters. The van der Waals surface area contributed by atoms with Gasteiger partial charge in [0.05, 0.1) is 19.3 Å². The summed E-state index contributed by atoms with van der Waals surface area (Å²) in [7, 11) is 1.65. The normalized spacial score (nSPS) is 16.1. The Labute approximate surface area is 177 Å². The molecule has 2 aromatic heterocycles. The highest BCUT2D eigenvalue weighted by Gasteiger charge is 2.31. The van der Waals surface area contributed by atoms with E-state index in [1.165, 1.54) is 10.5 Å². The molecule has 1 aliphatic rings. The van der Waals surface area contributed by atoms with Gasteiger partial charge in [-0.3, -0.25) is 9.30 Å². The lowest BCUT2D eigenvalue weighted by atomic mass is 10.2. The maximum atomic E-state index is 13.0. The number of alkyl halides is 3. The van der Waals surface area contributed by atoms with Crippen LogP contribution < -0.4 is 9.64 Å². The van der Waals surface area contributed by atoms with Gasteiger partial charge in [-0.1, -0.05) is 0 Å². The molecule has 6 nitrogen and oxygen atoms in total. The number of aromatic nitrogens is 3. The molecule has 1 aromatic carbocycles. The Hall–Kier alpha value is -2.59. The highest BCUT2D eigenvalue weighted by Crippen LogP contribution is 2.29. The van der Waals surface area contributed by atoms with Crippen LogP contribution in [0.3, 0.4) is 0 Å². The van der Waals surface area contributed by atoms with E-state index in [0.29, 0.717) is 12.3 Å². The highest BCUT2D eigenvalue weighted by molar-refractivity contribution is 7.71. The van der Waals surface area contributed by atoms with Crippen molar-refractivity contribution in [1.82, 2.24) is 19.1 Å². The number of fused-ring (bicyclic) bond motifs is 1. The molecule has 1 aliphatic heterocycles. The molecule has 0 bridgehead atoms. The number of methoxy groups -OCH3 is 1. The molecular weight excluding hydrogens is 415 g/mol. The third-order valence-corrected chi connectivity index (χ3v) is 5.67. The molecule has 4 rings (SSSR count). The van der Waals surface area contributed by atoms with Crippen LogP contribution in [0.1, 0.15) is 12.0 Å². The van der Waals surface area contributed by atoms with Gasteiger partial charge in [0.1, 0.15) is 5.75 Å². The summed E-state index contributed by atoms with van der Waals surface area (Å²) in [6.45, 7) is 3.86. The van der Waals surface area contributed by atoms with Crippen molar-refractivity contribution in [3.63, 3.8) is 0 Å². The van der Waals surface area contributed by atoms with Crippen molar-refractivity contribution >= 4 is 23.6 Å². The fourth-order valence-corrected chi connectivity index (χ4v) is 3.88. The van der Waals surface area contributed by atoms with Gasteiger partial charge < -0.3 is 9.64 Å². The number of halogens is 3. The van der Waals surface area contributed by atoms with Crippen molar-refractivity contribution in [2.45, 2.75) is 19.3 Å². The van der Waals surface area contributed by atoms with E-state index in [2.05, 4.69) is 14.9 Å². The van der Waals surface area contributed by atoms with Gasteiger partial charge in [-0.05, 0) is 55.0 Å². The lowest BCUT2D eigenvalue weighted by Crippen LogP contribution is -2.32. The summed E-state index contributed by atoms with van der Waals surface area (Å²) in [4.78, 5) is 4.54. The van der Waals surface area contributed by atoms with Crippen LogP contribution in [-0.4, -0.2) is 52.4 Å². The number of hydrogen-bond donors (Lipinski definition) is 0. The van der Waals surface area contributed by atoms with Gasteiger partial charge in [0.25, 0.3) is 0 Å². The fourth-order valence-electron chi connectivity index (χ4n) is 3.63. The Balaban J connectivity index is 1.47. The number of ether oxygens (including phenoxy) is 1. The van der Waals surface area contributed by atoms with E-state index in [1.807, 2.05) is 24.3 Å². The number of hydrogen-bond acceptors (Lipinski definition) is 5. The van der Waals surface area contributed by atoms with Crippen molar-refractivity contribution in [3.8, 4) is 5.75 Å². The molecule has 10 heteroatoms. The zero-order chi connectivity index (χ0) is 21.3. The zero-order valence-corrected chi connectivity index (χ0v) is 17.3. The molecular formula is C20H22F3N5OS. The van der Waals surface area contributed by atoms with E-state index in [0.717, 1.165) is 56.3 Å². The molecule has 3 heterocycles. The molecule has 0 spiro atoms. The number of benzene rings is 1. The number of anilines is 1. The molecule has 0 aliphatic carbocycles. The van der Waals surface area contributed by atoms with Crippen LogP contribution in [0.15, 0.2) is 42.6 Å². The second-order valence-corrected chi connectivity index (χ2v) is 7.59. The first kappa shape index (κ1) is 20.7. The van der Waals surface area contributed by atoms with E-state index in [9.17, 15) is 13.2 Å². The van der Waals surface area contributed by atoms with E-state index in [1.54, 1.807) is 11.8 Å². The van der Waals surface area contributed by atoms with E-state index in [-0.39, 0.29) is 4.77 Å². The first-order valence-electron chi connectivity index (χ1n) is 9.63. The largest absolute Gasteiger partial charge is 0.497 e. The average Bonchev–Trinajstić information content (AvgIpc) is 2.89. The van der Waals surface area contributed by atoms with Gasteiger partial charge in [0.15, 0.2) is 5.65 Å². The number of nitrogens with zero attached hydrogens (tertiary/aromatic N) is 5. The summed E-state index contributed by atoms with van der Waals surface area (Å²) in [6, 6.07) is 10.4. The lowest BCUT2D eigenvalue weighted by Gasteiger charge is -2.23. The SMILES string of the molecule is COc1ccc(N2CCCN(Cn3nc4ccc(C(F)(F)F)cn4c3=S)CC2)cc1. The van der Waals surface area contributed by atoms with Crippen LogP contribution >= 0.6 is 12.2 Å². The van der Waals surface area contributed by atoms with E-state index >= 15 is 0 Å². The predicted molar refractivity (Wildman–Crippen MR) is 110 cm³/mol. The smallest absolute Gasteiger partial charge is 0.417 e. The highest BCUT2D eigenvalue weighted by atomic mass is 32.1. The fraction of sp³-hybridized carbons (Fsp3) is 0.400. The van der Waals surface area contributed by atoms with E-state index < -0.39 is 11.7 Å². The molecule has 1 saturated heterocycles. The van der Waals surface area contributed by atoms with Gasteiger partial charge in [0, 0.05) is 38.1 Å². The Bertz CT molecular complexity index is 1080. The van der Waals surface area contributed by atoms with Gasteiger partial charge >= 0.3 is 6.18 Å². The minimum absolute atomic E-state index is 0.257. The number of pyridine rings is 1. The molecule has 0 unspecified atom stereocenters. The topological polar surface area (TPSA) is 37.9 Å². The van der Waals surface area contributed by atoms with E-state index in [4.69, 9.17) is 17.0 Å². The van der Waals surface area contributed by atoms with Crippen LogP contribution in [0.4, 0.5) is 18.9 Å². The molecule has 0 N–H and O–H groups in total. The van der Waals surface area contributed by atoms with Crippen LogP contribution in [0.25, 0.3) is 5.65 Å². The Morgan fingerprint density at radius 2 is 1.80 bits per heavy atom. The monoisotopic (exact) mass is 437 g/mol. The standard InChI is InChI=1S/C20H22F3N5OS/c1-29-17-6-4-16(5-7-17)26-10-2-9-25(11-12-26)14-28-19(30)27-13-15(20(21,22)23)3-8-18(27)24-28/h3-8,13H,2,9-12,14H2,1H3. The van der Waals surface area contributed by atoms with Crippen molar-refractivity contribution in [1.29, 1.82) is 0 Å². The third-order valence-electron chi connectivity index (χ3n) is 5.26. The predicted octanol–water partition coefficient (Wildman–Crippen LogP) is 4.06. The summed E-state index contributed by atoms with van der Waals surface area (Å²) in [5, 5.41) is 4.40. The molecule has 1 fully saturated rings. The van der Waals surface area contributed by atoms with Crippen molar-refractivity contribution in [3.05, 3.63) is 52.9 Å².